The second kappa shape index (κ2) is 4.15. The van der Waals surface area contributed by atoms with E-state index in [0.717, 1.165) is 34.1 Å². The maximum atomic E-state index is 12.4. The summed E-state index contributed by atoms with van der Waals surface area (Å²) in [6.45, 7) is 6.26. The molecular weight excluding hydrogens is 314 g/mol. The summed E-state index contributed by atoms with van der Waals surface area (Å²) in [7, 11) is 0. The van der Waals surface area contributed by atoms with Gasteiger partial charge < -0.3 is 5.11 Å². The van der Waals surface area contributed by atoms with E-state index in [4.69, 9.17) is 9.97 Å². The van der Waals surface area contributed by atoms with Gasteiger partial charge in [0.05, 0.1) is 27.9 Å². The normalized spacial score (nSPS) is 29.2. The van der Waals surface area contributed by atoms with Crippen molar-refractivity contribution >= 4 is 27.9 Å². The zero-order valence-electron chi connectivity index (χ0n) is 14.5. The molecule has 5 nitrogen and oxygen atoms in total. The predicted octanol–water partition coefficient (Wildman–Crippen LogP) is 3.59. The van der Waals surface area contributed by atoms with Crippen molar-refractivity contribution in [3.63, 3.8) is 0 Å². The van der Waals surface area contributed by atoms with Gasteiger partial charge in [0.25, 0.3) is 0 Å². The topological polar surface area (TPSA) is 76.0 Å². The zero-order chi connectivity index (χ0) is 17.6. The smallest absolute Gasteiger partial charge is 0.316 e. The Kier molecular flexibility index (Phi) is 2.45. The third-order valence-electron chi connectivity index (χ3n) is 7.15. The summed E-state index contributed by atoms with van der Waals surface area (Å²) >= 11 is 0. The number of hydrogen-bond acceptors (Lipinski definition) is 4. The Balaban J connectivity index is 1.95. The molecule has 0 spiro atoms. The van der Waals surface area contributed by atoms with Gasteiger partial charge in [-0.05, 0) is 42.5 Å². The van der Waals surface area contributed by atoms with Gasteiger partial charge in [0.15, 0.2) is 0 Å². The number of fused-ring (bicyclic) bond motifs is 8. The Labute approximate surface area is 145 Å². The number of carbonyl (C=O) groups is 1. The van der Waals surface area contributed by atoms with Crippen LogP contribution in [0.25, 0.3) is 21.9 Å². The fourth-order valence-electron chi connectivity index (χ4n) is 5.19. The third kappa shape index (κ3) is 1.39. The molecule has 1 aromatic carbocycles. The minimum absolute atomic E-state index is 0.285. The summed E-state index contributed by atoms with van der Waals surface area (Å²) in [6, 6.07) is 7.72. The van der Waals surface area contributed by atoms with Gasteiger partial charge in [-0.15, -0.1) is 0 Å². The minimum Gasteiger partial charge on any atom is -0.481 e. The average molecular weight is 333 g/mol. The van der Waals surface area contributed by atoms with E-state index in [1.165, 1.54) is 0 Å². The van der Waals surface area contributed by atoms with Crippen LogP contribution in [-0.2, 0) is 15.6 Å². The highest BCUT2D eigenvalue weighted by Gasteiger charge is 2.73. The molecule has 1 N–H and O–H groups in total. The largest absolute Gasteiger partial charge is 0.481 e. The van der Waals surface area contributed by atoms with Crippen molar-refractivity contribution in [2.75, 3.05) is 0 Å². The van der Waals surface area contributed by atoms with Crippen LogP contribution >= 0.6 is 0 Å². The standard InChI is InChI=1S/C20H19N3O2/c1-18(2)19(3)8-9-20(18,17(24)25)16-15(19)23-14-11-5-4-10-21-12(11)6-7-13(14)22-16/h4-7,10H,8-9H2,1-3H3,(H,24,25)/t19-,20-/m1/s1. The average Bonchev–Trinajstić information content (AvgIpc) is 2.89. The van der Waals surface area contributed by atoms with Crippen LogP contribution < -0.4 is 0 Å². The van der Waals surface area contributed by atoms with E-state index in [0.29, 0.717) is 12.1 Å². The van der Waals surface area contributed by atoms with E-state index < -0.39 is 16.8 Å². The van der Waals surface area contributed by atoms with E-state index in [2.05, 4.69) is 25.8 Å². The van der Waals surface area contributed by atoms with Crippen LogP contribution in [0.2, 0.25) is 0 Å². The number of carboxylic acid groups (broad SMARTS) is 1. The first-order valence-corrected chi connectivity index (χ1v) is 8.63. The molecule has 0 radical (unpaired) electrons. The maximum Gasteiger partial charge on any atom is 0.316 e. The molecule has 126 valence electrons. The highest BCUT2D eigenvalue weighted by molar-refractivity contribution is 6.02. The number of rotatable bonds is 1. The Morgan fingerprint density at radius 1 is 1.04 bits per heavy atom. The zero-order valence-corrected chi connectivity index (χ0v) is 14.5. The first-order valence-electron chi connectivity index (χ1n) is 8.63. The van der Waals surface area contributed by atoms with Crippen molar-refractivity contribution in [1.29, 1.82) is 0 Å². The van der Waals surface area contributed by atoms with Crippen LogP contribution in [0.3, 0.4) is 0 Å². The molecule has 0 unspecified atom stereocenters. The summed E-state index contributed by atoms with van der Waals surface area (Å²) in [5.41, 5.74) is 2.28. The highest BCUT2D eigenvalue weighted by atomic mass is 16.4. The minimum atomic E-state index is -0.956. The van der Waals surface area contributed by atoms with Crippen molar-refractivity contribution in [1.82, 2.24) is 15.0 Å². The highest BCUT2D eigenvalue weighted by Crippen LogP contribution is 2.70. The van der Waals surface area contributed by atoms with Crippen LogP contribution in [0.5, 0.6) is 0 Å². The molecule has 2 bridgehead atoms. The van der Waals surface area contributed by atoms with Crippen LogP contribution in [0.15, 0.2) is 30.5 Å². The molecule has 2 aromatic heterocycles. The third-order valence-corrected chi connectivity index (χ3v) is 7.15. The molecule has 0 amide bonds. The summed E-state index contributed by atoms with van der Waals surface area (Å²) in [4.78, 5) is 26.6. The summed E-state index contributed by atoms with van der Waals surface area (Å²) in [6.07, 6.45) is 3.21. The lowest BCUT2D eigenvalue weighted by Gasteiger charge is -2.37. The molecule has 0 saturated heterocycles. The summed E-state index contributed by atoms with van der Waals surface area (Å²) in [5, 5.41) is 11.1. The number of carboxylic acids is 1. The summed E-state index contributed by atoms with van der Waals surface area (Å²) in [5.74, 6) is -0.781. The van der Waals surface area contributed by atoms with E-state index in [1.54, 1.807) is 6.20 Å². The molecule has 1 fully saturated rings. The van der Waals surface area contributed by atoms with E-state index >= 15 is 0 Å². The fourth-order valence-corrected chi connectivity index (χ4v) is 5.19. The van der Waals surface area contributed by atoms with Gasteiger partial charge in [-0.1, -0.05) is 20.8 Å². The number of pyridine rings is 1. The van der Waals surface area contributed by atoms with Gasteiger partial charge in [-0.2, -0.15) is 0 Å². The molecule has 5 heteroatoms. The van der Waals surface area contributed by atoms with Crippen LogP contribution in [0.4, 0.5) is 0 Å². The van der Waals surface area contributed by atoms with Gasteiger partial charge in [0, 0.05) is 17.0 Å². The van der Waals surface area contributed by atoms with Crippen LogP contribution in [-0.4, -0.2) is 26.0 Å². The second-order valence-corrected chi connectivity index (χ2v) is 8.09. The lowest BCUT2D eigenvalue weighted by molar-refractivity contribution is -0.148. The number of hydrogen-bond donors (Lipinski definition) is 1. The summed E-state index contributed by atoms with van der Waals surface area (Å²) < 4.78 is 0. The molecule has 3 aromatic rings. The number of aliphatic carboxylic acids is 1. The van der Waals surface area contributed by atoms with Gasteiger partial charge in [0.1, 0.15) is 5.41 Å². The molecule has 0 aliphatic heterocycles. The number of nitrogens with zero attached hydrogens (tertiary/aromatic N) is 3. The molecule has 25 heavy (non-hydrogen) atoms. The Morgan fingerprint density at radius 3 is 2.56 bits per heavy atom. The van der Waals surface area contributed by atoms with E-state index in [9.17, 15) is 9.90 Å². The maximum absolute atomic E-state index is 12.4. The van der Waals surface area contributed by atoms with Crippen molar-refractivity contribution in [3.05, 3.63) is 41.9 Å². The number of aromatic nitrogens is 3. The molecule has 1 saturated carbocycles. The SMILES string of the molecule is CC1(C)[C@]2(C(=O)O)CC[C@]1(C)c1nc3c(ccc4ncccc43)nc12. The molecular formula is C20H19N3O2. The number of benzene rings is 1. The van der Waals surface area contributed by atoms with Crippen LogP contribution in [0.1, 0.15) is 45.0 Å². The van der Waals surface area contributed by atoms with Crippen molar-refractivity contribution in [2.24, 2.45) is 5.41 Å². The predicted molar refractivity (Wildman–Crippen MR) is 94.5 cm³/mol. The van der Waals surface area contributed by atoms with E-state index in [1.807, 2.05) is 24.3 Å². The van der Waals surface area contributed by atoms with Gasteiger partial charge in [-0.3, -0.25) is 9.78 Å². The molecule has 2 atom stereocenters. The first kappa shape index (κ1) is 14.8. The van der Waals surface area contributed by atoms with Crippen molar-refractivity contribution in [2.45, 2.75) is 44.4 Å². The van der Waals surface area contributed by atoms with Crippen molar-refractivity contribution in [3.8, 4) is 0 Å². The molecule has 2 heterocycles. The lowest BCUT2D eigenvalue weighted by atomic mass is 9.64. The van der Waals surface area contributed by atoms with Crippen molar-refractivity contribution < 1.29 is 9.90 Å². The molecule has 5 rings (SSSR count). The molecule has 2 aliphatic rings. The Hall–Kier alpha value is -2.56. The van der Waals surface area contributed by atoms with Gasteiger partial charge in [-0.25, -0.2) is 9.97 Å². The van der Waals surface area contributed by atoms with E-state index in [-0.39, 0.29) is 5.41 Å². The Morgan fingerprint density at radius 2 is 1.80 bits per heavy atom. The fraction of sp³-hybridized carbons (Fsp3) is 0.400. The quantitative estimate of drug-likeness (QED) is 0.689. The van der Waals surface area contributed by atoms with Gasteiger partial charge >= 0.3 is 5.97 Å². The Bertz CT molecular complexity index is 1090. The second-order valence-electron chi connectivity index (χ2n) is 8.09. The van der Waals surface area contributed by atoms with Gasteiger partial charge in [0.2, 0.25) is 0 Å². The monoisotopic (exact) mass is 333 g/mol. The molecule has 2 aliphatic carbocycles. The first-order chi connectivity index (χ1) is 11.8. The lowest BCUT2D eigenvalue weighted by Crippen LogP contribution is -2.45. The van der Waals surface area contributed by atoms with Crippen LogP contribution in [0, 0.1) is 5.41 Å².